The molecule has 0 aromatic heterocycles. The number of rotatable bonds is 17. The highest BCUT2D eigenvalue weighted by Crippen LogP contribution is 2.09. The first-order valence-corrected chi connectivity index (χ1v) is 10.4. The molecule has 26 heavy (non-hydrogen) atoms. The van der Waals surface area contributed by atoms with Gasteiger partial charge in [0.25, 0.3) is 6.47 Å². The van der Waals surface area contributed by atoms with Crippen molar-refractivity contribution in [3.8, 4) is 0 Å². The largest absolute Gasteiger partial charge is 0.483 e. The predicted octanol–water partition coefficient (Wildman–Crippen LogP) is 4.80. The Morgan fingerprint density at radius 2 is 1.35 bits per heavy atom. The van der Waals surface area contributed by atoms with Crippen molar-refractivity contribution in [3.63, 3.8) is 0 Å². The van der Waals surface area contributed by atoms with Gasteiger partial charge >= 0.3 is 0 Å². The number of nitrogens with two attached hydrogens (primary N) is 1. The first kappa shape index (κ1) is 26.9. The third kappa shape index (κ3) is 27.5. The molecule has 0 aliphatic heterocycles. The fourth-order valence-corrected chi connectivity index (χ4v) is 2.66. The fourth-order valence-electron chi connectivity index (χ4n) is 2.66. The maximum Gasteiger partial charge on any atom is 0.290 e. The molecule has 0 atom stereocenters. The third-order valence-electron chi connectivity index (χ3n) is 4.13. The minimum absolute atomic E-state index is 0.146. The van der Waals surface area contributed by atoms with Gasteiger partial charge in [0, 0.05) is 19.5 Å². The van der Waals surface area contributed by atoms with Crippen LogP contribution >= 0.6 is 0 Å². The highest BCUT2D eigenvalue weighted by atomic mass is 16.3. The molecule has 154 valence electrons. The Bertz CT molecular complexity index is 320. The summed E-state index contributed by atoms with van der Waals surface area (Å²) in [5.41, 5.74) is 5.34. The zero-order chi connectivity index (χ0) is 19.7. The van der Waals surface area contributed by atoms with E-state index in [2.05, 4.69) is 24.4 Å². The maximum absolute atomic E-state index is 11.4. The Hall–Kier alpha value is -1.36. The third-order valence-corrected chi connectivity index (χ3v) is 4.13. The predicted molar refractivity (Wildman–Crippen MR) is 110 cm³/mol. The topological polar surface area (TPSA) is 92.4 Å². The molecule has 0 fully saturated rings. The Kier molecular flexibility index (Phi) is 26.7. The Labute approximate surface area is 160 Å². The zero-order valence-electron chi connectivity index (χ0n) is 16.9. The van der Waals surface area contributed by atoms with E-state index >= 15 is 0 Å². The van der Waals surface area contributed by atoms with E-state index in [9.17, 15) is 4.79 Å². The van der Waals surface area contributed by atoms with Crippen molar-refractivity contribution in [1.29, 1.82) is 0 Å². The quantitative estimate of drug-likeness (QED) is 0.195. The number of nitrogens with one attached hydrogen (secondary N) is 1. The van der Waals surface area contributed by atoms with Crippen LogP contribution < -0.4 is 11.1 Å². The van der Waals surface area contributed by atoms with Crippen LogP contribution in [-0.2, 0) is 9.59 Å². The Morgan fingerprint density at radius 3 is 1.85 bits per heavy atom. The summed E-state index contributed by atoms with van der Waals surface area (Å²) in [7, 11) is 0. The first-order valence-electron chi connectivity index (χ1n) is 10.4. The van der Waals surface area contributed by atoms with Gasteiger partial charge in [-0.15, -0.1) is 0 Å². The molecule has 0 saturated heterocycles. The first-order chi connectivity index (χ1) is 12.7. The van der Waals surface area contributed by atoms with Gasteiger partial charge in [0.15, 0.2) is 0 Å². The van der Waals surface area contributed by atoms with Crippen LogP contribution in [0.1, 0.15) is 96.8 Å². The SMILES string of the molecule is CCCCCCCCC=CCCCCCCCC(=O)NCCN.O=CO. The van der Waals surface area contributed by atoms with E-state index < -0.39 is 0 Å². The van der Waals surface area contributed by atoms with E-state index in [1.165, 1.54) is 70.6 Å². The van der Waals surface area contributed by atoms with Crippen molar-refractivity contribution in [1.82, 2.24) is 5.32 Å². The monoisotopic (exact) mass is 370 g/mol. The minimum atomic E-state index is -0.250. The average molecular weight is 371 g/mol. The molecule has 5 heteroatoms. The Balaban J connectivity index is 0. The number of hydrogen-bond donors (Lipinski definition) is 3. The van der Waals surface area contributed by atoms with E-state index in [4.69, 9.17) is 15.6 Å². The van der Waals surface area contributed by atoms with Crippen LogP contribution in [0.2, 0.25) is 0 Å². The van der Waals surface area contributed by atoms with Gasteiger partial charge in [0.05, 0.1) is 0 Å². The lowest BCUT2D eigenvalue weighted by Gasteiger charge is -2.03. The van der Waals surface area contributed by atoms with Crippen LogP contribution in [0.3, 0.4) is 0 Å². The zero-order valence-corrected chi connectivity index (χ0v) is 16.9. The highest BCUT2D eigenvalue weighted by molar-refractivity contribution is 5.75. The molecule has 5 nitrogen and oxygen atoms in total. The summed E-state index contributed by atoms with van der Waals surface area (Å²) in [6.45, 7) is 3.14. The van der Waals surface area contributed by atoms with E-state index in [0.29, 0.717) is 19.5 Å². The molecule has 0 rings (SSSR count). The molecule has 0 aliphatic carbocycles. The van der Waals surface area contributed by atoms with Crippen LogP contribution in [0.4, 0.5) is 0 Å². The van der Waals surface area contributed by atoms with Crippen LogP contribution in [0.5, 0.6) is 0 Å². The fraction of sp³-hybridized carbons (Fsp3) is 0.810. The molecular formula is C21H42N2O3. The van der Waals surface area contributed by atoms with Gasteiger partial charge in [-0.05, 0) is 32.1 Å². The molecule has 0 heterocycles. The lowest BCUT2D eigenvalue weighted by atomic mass is 10.1. The van der Waals surface area contributed by atoms with Crippen molar-refractivity contribution < 1.29 is 14.7 Å². The number of allylic oxidation sites excluding steroid dienone is 2. The van der Waals surface area contributed by atoms with Gasteiger partial charge < -0.3 is 16.2 Å². The van der Waals surface area contributed by atoms with Crippen LogP contribution in [-0.4, -0.2) is 30.6 Å². The number of hydrogen-bond acceptors (Lipinski definition) is 3. The van der Waals surface area contributed by atoms with Gasteiger partial charge in [0.2, 0.25) is 5.91 Å². The lowest BCUT2D eigenvalue weighted by molar-refractivity contribution is -0.123. The normalized spacial score (nSPS) is 10.4. The number of amides is 1. The second-order valence-electron chi connectivity index (χ2n) is 6.58. The van der Waals surface area contributed by atoms with Gasteiger partial charge in [-0.1, -0.05) is 70.4 Å². The molecule has 1 amide bonds. The summed E-state index contributed by atoms with van der Waals surface area (Å²) in [5, 5.41) is 9.70. The summed E-state index contributed by atoms with van der Waals surface area (Å²) in [4.78, 5) is 19.7. The van der Waals surface area contributed by atoms with Crippen molar-refractivity contribution in [3.05, 3.63) is 12.2 Å². The standard InChI is InChI=1S/C20H40N2O.CH2O2/c1-2-3-4-5-6-7-8-9-10-11-12-13-14-15-16-17-20(23)22-19-18-21;2-1-3/h9-10H,2-8,11-19,21H2,1H3,(H,22,23);1H,(H,2,3). The molecule has 0 unspecified atom stereocenters. The summed E-state index contributed by atoms with van der Waals surface area (Å²) < 4.78 is 0. The molecule has 0 spiro atoms. The van der Waals surface area contributed by atoms with E-state index in [1.54, 1.807) is 0 Å². The van der Waals surface area contributed by atoms with Gasteiger partial charge in [-0.3, -0.25) is 9.59 Å². The highest BCUT2D eigenvalue weighted by Gasteiger charge is 1.99. The Morgan fingerprint density at radius 1 is 0.885 bits per heavy atom. The minimum Gasteiger partial charge on any atom is -0.483 e. The second-order valence-corrected chi connectivity index (χ2v) is 6.58. The van der Waals surface area contributed by atoms with Crippen LogP contribution in [0, 0.1) is 0 Å². The number of unbranched alkanes of at least 4 members (excludes halogenated alkanes) is 11. The van der Waals surface area contributed by atoms with E-state index in [-0.39, 0.29) is 12.4 Å². The van der Waals surface area contributed by atoms with Crippen LogP contribution in [0.25, 0.3) is 0 Å². The summed E-state index contributed by atoms with van der Waals surface area (Å²) >= 11 is 0. The molecule has 0 saturated carbocycles. The van der Waals surface area contributed by atoms with Crippen molar-refractivity contribution in [2.45, 2.75) is 96.8 Å². The summed E-state index contributed by atoms with van der Waals surface area (Å²) in [5.74, 6) is 0.146. The molecule has 0 radical (unpaired) electrons. The molecule has 0 aromatic carbocycles. The van der Waals surface area contributed by atoms with Crippen LogP contribution in [0.15, 0.2) is 12.2 Å². The second kappa shape index (κ2) is 25.9. The maximum atomic E-state index is 11.4. The van der Waals surface area contributed by atoms with E-state index in [0.717, 1.165) is 12.8 Å². The smallest absolute Gasteiger partial charge is 0.290 e. The number of carbonyl (C=O) groups is 2. The lowest BCUT2D eigenvalue weighted by Crippen LogP contribution is -2.28. The van der Waals surface area contributed by atoms with Gasteiger partial charge in [-0.2, -0.15) is 0 Å². The molecule has 0 aliphatic rings. The summed E-state index contributed by atoms with van der Waals surface area (Å²) in [6.07, 6.45) is 22.1. The average Bonchev–Trinajstić information content (AvgIpc) is 2.64. The molecule has 0 aromatic rings. The van der Waals surface area contributed by atoms with Gasteiger partial charge in [-0.25, -0.2) is 0 Å². The van der Waals surface area contributed by atoms with Crippen molar-refractivity contribution in [2.24, 2.45) is 5.73 Å². The van der Waals surface area contributed by atoms with Crippen molar-refractivity contribution in [2.75, 3.05) is 13.1 Å². The number of carboxylic acid groups (broad SMARTS) is 1. The summed E-state index contributed by atoms with van der Waals surface area (Å²) in [6, 6.07) is 0. The van der Waals surface area contributed by atoms with Gasteiger partial charge in [0.1, 0.15) is 0 Å². The van der Waals surface area contributed by atoms with E-state index in [1.807, 2.05) is 0 Å². The molecule has 0 bridgehead atoms. The van der Waals surface area contributed by atoms with Crippen molar-refractivity contribution >= 4 is 12.4 Å². The molecular weight excluding hydrogens is 328 g/mol. The number of carbonyl (C=O) groups excluding carboxylic acids is 1. The molecule has 4 N–H and O–H groups in total.